The molecule has 1 heterocycles. The summed E-state index contributed by atoms with van der Waals surface area (Å²) < 4.78 is 0. The van der Waals surface area contributed by atoms with Gasteiger partial charge in [0.2, 0.25) is 0 Å². The molecule has 0 aromatic heterocycles. The van der Waals surface area contributed by atoms with Gasteiger partial charge in [0.15, 0.2) is 0 Å². The minimum Gasteiger partial charge on any atom is -0.315 e. The highest BCUT2D eigenvalue weighted by Crippen LogP contribution is 2.59. The molecule has 1 N–H and O–H groups in total. The van der Waals surface area contributed by atoms with Crippen LogP contribution in [0.3, 0.4) is 0 Å². The Hall–Kier alpha value is 0.400. The molecule has 0 amide bonds. The summed E-state index contributed by atoms with van der Waals surface area (Å²) in [5.74, 6) is 3.24. The number of likely N-dealkylation sites (tertiary alicyclic amines) is 1. The molecule has 4 aliphatic carbocycles. The van der Waals surface area contributed by atoms with Gasteiger partial charge in [0, 0.05) is 30.7 Å². The van der Waals surface area contributed by atoms with E-state index in [2.05, 4.69) is 37.9 Å². The number of hydrogen-bond acceptors (Lipinski definition) is 2. The first-order valence-electron chi connectivity index (χ1n) is 10.8. The van der Waals surface area contributed by atoms with Crippen molar-refractivity contribution in [1.82, 2.24) is 10.2 Å². The van der Waals surface area contributed by atoms with Gasteiger partial charge in [-0.15, -0.1) is 17.0 Å². The van der Waals surface area contributed by atoms with Crippen molar-refractivity contribution in [2.24, 2.45) is 23.2 Å². The molecule has 3 heteroatoms. The Labute approximate surface area is 166 Å². The van der Waals surface area contributed by atoms with Gasteiger partial charge in [-0.25, -0.2) is 0 Å². The average molecular weight is 413 g/mol. The molecular weight excluding hydrogens is 372 g/mol. The number of rotatable bonds is 5. The maximum atomic E-state index is 3.92. The van der Waals surface area contributed by atoms with Crippen molar-refractivity contribution in [1.29, 1.82) is 0 Å². The average Bonchev–Trinajstić information content (AvgIpc) is 2.43. The Bertz CT molecular complexity index is 419. The molecule has 0 spiro atoms. The van der Waals surface area contributed by atoms with Crippen LogP contribution in [-0.4, -0.2) is 35.6 Å². The summed E-state index contributed by atoms with van der Waals surface area (Å²) in [6, 6.07) is 0. The van der Waals surface area contributed by atoms with Crippen molar-refractivity contribution in [3.8, 4) is 0 Å². The summed E-state index contributed by atoms with van der Waals surface area (Å²) in [4.78, 5) is 2.79. The Morgan fingerprint density at radius 3 is 1.80 bits per heavy atom. The maximum Gasteiger partial charge on any atom is 0.0159 e. The topological polar surface area (TPSA) is 15.3 Å². The van der Waals surface area contributed by atoms with E-state index in [1.54, 1.807) is 19.3 Å². The van der Waals surface area contributed by atoms with Crippen molar-refractivity contribution in [2.75, 3.05) is 19.6 Å². The van der Waals surface area contributed by atoms with Crippen LogP contribution >= 0.6 is 17.0 Å². The van der Waals surface area contributed by atoms with Gasteiger partial charge in [0.1, 0.15) is 0 Å². The van der Waals surface area contributed by atoms with E-state index in [1.165, 1.54) is 58.2 Å². The van der Waals surface area contributed by atoms with Crippen LogP contribution in [0.15, 0.2) is 0 Å². The van der Waals surface area contributed by atoms with E-state index in [0.29, 0.717) is 16.5 Å². The fraction of sp³-hybridized carbons (Fsp3) is 1.00. The summed E-state index contributed by atoms with van der Waals surface area (Å²) in [7, 11) is 0. The Balaban J connectivity index is 0.00000182. The van der Waals surface area contributed by atoms with Gasteiger partial charge < -0.3 is 5.32 Å². The van der Waals surface area contributed by atoms with Gasteiger partial charge in [0.05, 0.1) is 0 Å². The molecule has 25 heavy (non-hydrogen) atoms. The predicted octanol–water partition coefficient (Wildman–Crippen LogP) is 5.41. The van der Waals surface area contributed by atoms with Gasteiger partial charge in [-0.2, -0.15) is 0 Å². The third-order valence-corrected chi connectivity index (χ3v) is 8.22. The maximum absolute atomic E-state index is 3.92. The highest BCUT2D eigenvalue weighted by molar-refractivity contribution is 8.93. The zero-order chi connectivity index (χ0) is 17.0. The second-order valence-corrected chi connectivity index (χ2v) is 11.2. The van der Waals surface area contributed by atoms with E-state index in [-0.39, 0.29) is 17.0 Å². The molecule has 2 nitrogen and oxygen atoms in total. The first-order valence-corrected chi connectivity index (χ1v) is 10.8. The van der Waals surface area contributed by atoms with Crippen molar-refractivity contribution in [2.45, 2.75) is 96.6 Å². The van der Waals surface area contributed by atoms with Gasteiger partial charge in [0.25, 0.3) is 0 Å². The molecule has 0 unspecified atom stereocenters. The first kappa shape index (κ1) is 20.1. The van der Waals surface area contributed by atoms with Crippen molar-refractivity contribution < 1.29 is 0 Å². The largest absolute Gasteiger partial charge is 0.315 e. The van der Waals surface area contributed by atoms with Crippen LogP contribution in [0.1, 0.15) is 85.5 Å². The SMILES string of the molecule is Br.CC1(C)CCCC(C)(C)N1CCNCC12CC3CC(CC(C3)C1)C2. The van der Waals surface area contributed by atoms with E-state index in [1.807, 2.05) is 0 Å². The molecule has 5 aliphatic rings. The molecule has 1 saturated heterocycles. The number of halogens is 1. The monoisotopic (exact) mass is 412 g/mol. The Morgan fingerprint density at radius 2 is 1.32 bits per heavy atom. The van der Waals surface area contributed by atoms with Gasteiger partial charge in [-0.3, -0.25) is 4.90 Å². The molecule has 5 rings (SSSR count). The van der Waals surface area contributed by atoms with Gasteiger partial charge in [-0.1, -0.05) is 0 Å². The Morgan fingerprint density at radius 1 is 0.840 bits per heavy atom. The van der Waals surface area contributed by atoms with Gasteiger partial charge in [-0.05, 0) is 109 Å². The highest BCUT2D eigenvalue weighted by Gasteiger charge is 2.50. The van der Waals surface area contributed by atoms with Gasteiger partial charge >= 0.3 is 0 Å². The lowest BCUT2D eigenvalue weighted by Crippen LogP contribution is -2.60. The van der Waals surface area contributed by atoms with E-state index < -0.39 is 0 Å². The lowest BCUT2D eigenvalue weighted by molar-refractivity contribution is -0.0536. The molecule has 4 bridgehead atoms. The molecule has 0 aromatic rings. The smallest absolute Gasteiger partial charge is 0.0159 e. The standard InChI is InChI=1S/C22H40N2.BrH/c1-20(2)6-5-7-21(3,4)24(20)9-8-23-16-22-13-17-10-18(14-22)12-19(11-17)15-22;/h17-19,23H,5-16H2,1-4H3;1H. The van der Waals surface area contributed by atoms with Crippen LogP contribution in [0.5, 0.6) is 0 Å². The fourth-order valence-corrected chi connectivity index (χ4v) is 7.70. The third-order valence-electron chi connectivity index (χ3n) is 8.22. The van der Waals surface area contributed by atoms with Crippen molar-refractivity contribution in [3.05, 3.63) is 0 Å². The molecule has 0 radical (unpaired) electrons. The molecule has 1 aliphatic heterocycles. The molecule has 4 saturated carbocycles. The van der Waals surface area contributed by atoms with E-state index in [0.717, 1.165) is 17.8 Å². The van der Waals surface area contributed by atoms with Crippen molar-refractivity contribution in [3.63, 3.8) is 0 Å². The summed E-state index contributed by atoms with van der Waals surface area (Å²) in [5.41, 5.74) is 1.41. The lowest BCUT2D eigenvalue weighted by atomic mass is 9.49. The molecule has 0 atom stereocenters. The summed E-state index contributed by atoms with van der Waals surface area (Å²) in [6.07, 6.45) is 13.4. The van der Waals surface area contributed by atoms with E-state index in [9.17, 15) is 0 Å². The van der Waals surface area contributed by atoms with Crippen molar-refractivity contribution >= 4 is 17.0 Å². The van der Waals surface area contributed by atoms with E-state index >= 15 is 0 Å². The Kier molecular flexibility index (Phi) is 5.71. The minimum atomic E-state index is 0. The van der Waals surface area contributed by atoms with Crippen LogP contribution < -0.4 is 5.32 Å². The second kappa shape index (κ2) is 7.09. The lowest BCUT2D eigenvalue weighted by Gasteiger charge is -2.57. The van der Waals surface area contributed by atoms with Crippen LogP contribution in [0.2, 0.25) is 0 Å². The molecular formula is C22H41BrN2. The number of hydrogen-bond donors (Lipinski definition) is 1. The molecule has 146 valence electrons. The highest BCUT2D eigenvalue weighted by atomic mass is 79.9. The summed E-state index contributed by atoms with van der Waals surface area (Å²) in [6.45, 7) is 13.5. The number of piperidine rings is 1. The summed E-state index contributed by atoms with van der Waals surface area (Å²) >= 11 is 0. The number of nitrogens with one attached hydrogen (secondary N) is 1. The van der Waals surface area contributed by atoms with Crippen LogP contribution in [0, 0.1) is 23.2 Å². The quantitative estimate of drug-likeness (QED) is 0.606. The van der Waals surface area contributed by atoms with Crippen LogP contribution in [0.25, 0.3) is 0 Å². The minimum absolute atomic E-state index is 0. The zero-order valence-electron chi connectivity index (χ0n) is 17.1. The van der Waals surface area contributed by atoms with E-state index in [4.69, 9.17) is 0 Å². The fourth-order valence-electron chi connectivity index (χ4n) is 7.70. The molecule has 5 fully saturated rings. The summed E-state index contributed by atoms with van der Waals surface area (Å²) in [5, 5.41) is 3.92. The second-order valence-electron chi connectivity index (χ2n) is 11.2. The predicted molar refractivity (Wildman–Crippen MR) is 113 cm³/mol. The molecule has 0 aromatic carbocycles. The third kappa shape index (κ3) is 3.99. The number of nitrogens with zero attached hydrogens (tertiary/aromatic N) is 1. The zero-order valence-corrected chi connectivity index (χ0v) is 18.8. The normalized spacial score (nSPS) is 41.5. The first-order chi connectivity index (χ1) is 11.3. The van der Waals surface area contributed by atoms with Crippen LogP contribution in [-0.2, 0) is 0 Å². The van der Waals surface area contributed by atoms with Crippen LogP contribution in [0.4, 0.5) is 0 Å².